The Kier molecular flexibility index (Phi) is 12.4. The summed E-state index contributed by atoms with van der Waals surface area (Å²) in [6.45, 7) is 0. The summed E-state index contributed by atoms with van der Waals surface area (Å²) in [4.78, 5) is 0. The molecule has 0 aliphatic heterocycles. The zero-order valence-corrected chi connectivity index (χ0v) is 14.5. The van der Waals surface area contributed by atoms with Crippen LogP contribution in [0.2, 0.25) is 0 Å². The molecule has 1 radical (unpaired) electrons. The van der Waals surface area contributed by atoms with E-state index < -0.39 is 1.08 Å². The van der Waals surface area contributed by atoms with Crippen molar-refractivity contribution in [2.75, 3.05) is 0 Å². The molecule has 0 N–H and O–H groups in total. The molecule has 0 spiro atoms. The van der Waals surface area contributed by atoms with Crippen LogP contribution in [-0.2, 0) is 18.2 Å². The van der Waals surface area contributed by atoms with Gasteiger partial charge in [-0.1, -0.05) is 0 Å². The van der Waals surface area contributed by atoms with E-state index in [-0.39, 0.29) is 17.1 Å². The first-order valence-corrected chi connectivity index (χ1v) is 31.4. The molecular formula is CuI4Re. The first-order chi connectivity index (χ1) is 2.00. The van der Waals surface area contributed by atoms with E-state index in [1.165, 1.54) is 0 Å². The van der Waals surface area contributed by atoms with Crippen LogP contribution in [0.3, 0.4) is 0 Å². The van der Waals surface area contributed by atoms with Crippen LogP contribution in [0.5, 0.6) is 0 Å². The Morgan fingerprint density at radius 3 is 0.833 bits per heavy atom. The first kappa shape index (κ1) is 12.7. The van der Waals surface area contributed by atoms with Crippen LogP contribution in [-0.4, -0.2) is 0 Å². The molecule has 0 aromatic rings. The molecule has 0 rings (SSSR count). The fraction of sp³-hybridized carbons (Fsp3) is 0. The van der Waals surface area contributed by atoms with E-state index in [1.807, 2.05) is 0 Å². The van der Waals surface area contributed by atoms with Gasteiger partial charge in [0.15, 0.2) is 0 Å². The minimum atomic E-state index is -1.23. The van der Waals surface area contributed by atoms with Crippen LogP contribution in [0.1, 0.15) is 0 Å². The molecule has 0 bridgehead atoms. The zero-order chi connectivity index (χ0) is 4.50. The van der Waals surface area contributed by atoms with Crippen molar-refractivity contribution in [3.05, 3.63) is 0 Å². The molecular weight excluding hydrogens is 757 g/mol. The first-order valence-electron chi connectivity index (χ1n) is 0.571. The third-order valence-electron chi connectivity index (χ3n) is 0. The minimum absolute atomic E-state index is 0. The van der Waals surface area contributed by atoms with Crippen molar-refractivity contribution in [1.82, 2.24) is 0 Å². The summed E-state index contributed by atoms with van der Waals surface area (Å²) in [5, 5.41) is 0. The summed E-state index contributed by atoms with van der Waals surface area (Å²) in [5.74, 6) is 0. The third kappa shape index (κ3) is 24.3. The molecule has 0 saturated heterocycles. The van der Waals surface area contributed by atoms with Crippen molar-refractivity contribution in [2.24, 2.45) is 0 Å². The Labute approximate surface area is 93.1 Å². The topological polar surface area (TPSA) is 0 Å². The molecule has 0 atom stereocenters. The molecule has 6 heteroatoms. The summed E-state index contributed by atoms with van der Waals surface area (Å²) in [7, 11) is 0. The Balaban J connectivity index is 0. The average Bonchev–Trinajstić information content (AvgIpc) is 0.722. The fourth-order valence-corrected chi connectivity index (χ4v) is 0. The van der Waals surface area contributed by atoms with Crippen LogP contribution < -0.4 is 0 Å². The molecule has 0 unspecified atom stereocenters. The molecule has 0 saturated carbocycles. The molecule has 0 aromatic carbocycles. The average molecular weight is 757 g/mol. The SMILES string of the molecule is [Cu].[I][Re]([I])([I])[I]. The molecule has 0 heterocycles. The quantitative estimate of drug-likeness (QED) is 0.263. The van der Waals surface area contributed by atoms with Gasteiger partial charge in [-0.2, -0.15) is 0 Å². The van der Waals surface area contributed by atoms with Gasteiger partial charge in [-0.15, -0.1) is 0 Å². The normalized spacial score (nSPS) is 12.7. The summed E-state index contributed by atoms with van der Waals surface area (Å²) >= 11 is 10.2. The number of hydrogen-bond donors (Lipinski definition) is 0. The van der Waals surface area contributed by atoms with E-state index in [2.05, 4.69) is 78.1 Å². The van der Waals surface area contributed by atoms with Crippen molar-refractivity contribution < 1.29 is 18.2 Å². The molecule has 0 nitrogen and oxygen atoms in total. The van der Waals surface area contributed by atoms with Crippen LogP contribution in [0, 0.1) is 0 Å². The molecule has 0 aliphatic carbocycles. The van der Waals surface area contributed by atoms with Crippen molar-refractivity contribution in [1.29, 1.82) is 0 Å². The summed E-state index contributed by atoms with van der Waals surface area (Å²) in [6, 6.07) is 0. The maximum atomic E-state index is 2.54. The number of hydrogen-bond acceptors (Lipinski definition) is 0. The Bertz CT molecular complexity index is 23.0. The standard InChI is InChI=1S/Cu.4HI.Re/h;4*1H;/q;;;;;+4/p-4. The van der Waals surface area contributed by atoms with Gasteiger partial charge in [0.1, 0.15) is 0 Å². The second kappa shape index (κ2) is 5.85. The van der Waals surface area contributed by atoms with E-state index in [1.54, 1.807) is 0 Å². The molecule has 0 amide bonds. The van der Waals surface area contributed by atoms with E-state index in [0.717, 1.165) is 0 Å². The van der Waals surface area contributed by atoms with Crippen LogP contribution in [0.15, 0.2) is 0 Å². The van der Waals surface area contributed by atoms with E-state index in [4.69, 9.17) is 0 Å². The van der Waals surface area contributed by atoms with E-state index >= 15 is 0 Å². The van der Waals surface area contributed by atoms with Crippen molar-refractivity contribution in [2.45, 2.75) is 0 Å². The molecule has 0 fully saturated rings. The number of halogens is 4. The predicted octanol–water partition coefficient (Wildman–Crippen LogP) is 3.54. The van der Waals surface area contributed by atoms with Crippen LogP contribution >= 0.6 is 78.1 Å². The van der Waals surface area contributed by atoms with Gasteiger partial charge in [0, 0.05) is 17.1 Å². The van der Waals surface area contributed by atoms with Gasteiger partial charge >= 0.3 is 79.1 Å². The maximum absolute atomic E-state index is 2.54. The van der Waals surface area contributed by atoms with Gasteiger partial charge in [0.2, 0.25) is 0 Å². The summed E-state index contributed by atoms with van der Waals surface area (Å²) < 4.78 is -1.23. The Morgan fingerprint density at radius 1 is 0.833 bits per heavy atom. The van der Waals surface area contributed by atoms with E-state index in [0.29, 0.717) is 0 Å². The summed E-state index contributed by atoms with van der Waals surface area (Å²) in [6.07, 6.45) is 0. The van der Waals surface area contributed by atoms with Gasteiger partial charge in [0.25, 0.3) is 0 Å². The number of rotatable bonds is 0. The predicted molar refractivity (Wildman–Crippen MR) is 56.1 cm³/mol. The Morgan fingerprint density at radius 2 is 0.833 bits per heavy atom. The van der Waals surface area contributed by atoms with Gasteiger partial charge in [-0.05, 0) is 0 Å². The molecule has 6 heavy (non-hydrogen) atoms. The van der Waals surface area contributed by atoms with Crippen molar-refractivity contribution in [3.8, 4) is 0 Å². The molecule has 0 aromatic heterocycles. The van der Waals surface area contributed by atoms with Crippen LogP contribution in [0.25, 0.3) is 0 Å². The van der Waals surface area contributed by atoms with Gasteiger partial charge in [-0.25, -0.2) is 0 Å². The van der Waals surface area contributed by atoms with Crippen molar-refractivity contribution in [3.63, 3.8) is 0 Å². The van der Waals surface area contributed by atoms with Crippen LogP contribution in [0.4, 0.5) is 0 Å². The van der Waals surface area contributed by atoms with Gasteiger partial charge in [-0.3, -0.25) is 0 Å². The van der Waals surface area contributed by atoms with Gasteiger partial charge in [0.05, 0.1) is 0 Å². The molecule has 46 valence electrons. The molecule has 0 aliphatic rings. The monoisotopic (exact) mass is 758 g/mol. The second-order valence-electron chi connectivity index (χ2n) is 0.324. The Hall–Kier alpha value is 4.10. The second-order valence-corrected chi connectivity index (χ2v) is 119. The van der Waals surface area contributed by atoms with Crippen molar-refractivity contribution >= 4 is 78.1 Å². The third-order valence-corrected chi connectivity index (χ3v) is 0. The zero-order valence-electron chi connectivity index (χ0n) is 2.19. The fourth-order valence-electron chi connectivity index (χ4n) is 0. The summed E-state index contributed by atoms with van der Waals surface area (Å²) in [5.41, 5.74) is 0. The van der Waals surface area contributed by atoms with E-state index in [9.17, 15) is 0 Å². The van der Waals surface area contributed by atoms with Gasteiger partial charge < -0.3 is 0 Å².